The zero-order chi connectivity index (χ0) is 13.2. The van der Waals surface area contributed by atoms with Crippen molar-refractivity contribution >= 4 is 41.5 Å². The minimum Gasteiger partial charge on any atom is -0.347 e. The van der Waals surface area contributed by atoms with Crippen LogP contribution in [0.2, 0.25) is 10.0 Å². The quantitative estimate of drug-likeness (QED) is 0.877. The van der Waals surface area contributed by atoms with Crippen LogP contribution in [0, 0.1) is 0 Å². The lowest BCUT2D eigenvalue weighted by molar-refractivity contribution is 0.0887. The van der Waals surface area contributed by atoms with E-state index in [1.807, 2.05) is 0 Å². The first kappa shape index (κ1) is 16.6. The number of carbonyl (C=O) groups excluding carboxylic acids is 1. The molecule has 2 N–H and O–H groups in total. The van der Waals surface area contributed by atoms with Gasteiger partial charge in [-0.15, -0.1) is 12.4 Å². The number of hydrogen-bond acceptors (Lipinski definition) is 2. The second kappa shape index (κ2) is 6.80. The zero-order valence-electron chi connectivity index (χ0n) is 10.6. The summed E-state index contributed by atoms with van der Waals surface area (Å²) in [5.41, 5.74) is 0.262. The standard InChI is InChI=1S/C13H16Cl2N2O.ClH/c1-13(4-6-16-7-5-13)17-12(18)10-8-9(14)2-3-11(10)15;/h2-3,8,16H,4-7H2,1H3,(H,17,18);1H. The minimum atomic E-state index is -0.173. The van der Waals surface area contributed by atoms with Crippen molar-refractivity contribution in [3.05, 3.63) is 33.8 Å². The zero-order valence-corrected chi connectivity index (χ0v) is 13.0. The third-order valence-corrected chi connectivity index (χ3v) is 3.86. The predicted octanol–water partition coefficient (Wildman–Crippen LogP) is 3.29. The van der Waals surface area contributed by atoms with Crippen LogP contribution in [0.25, 0.3) is 0 Å². The fourth-order valence-electron chi connectivity index (χ4n) is 2.12. The average molecular weight is 324 g/mol. The molecule has 1 aromatic carbocycles. The molecule has 0 atom stereocenters. The van der Waals surface area contributed by atoms with Gasteiger partial charge in [-0.25, -0.2) is 0 Å². The van der Waals surface area contributed by atoms with Crippen LogP contribution < -0.4 is 10.6 Å². The van der Waals surface area contributed by atoms with E-state index in [1.165, 1.54) is 0 Å². The summed E-state index contributed by atoms with van der Waals surface area (Å²) in [6.07, 6.45) is 1.83. The van der Waals surface area contributed by atoms with E-state index in [-0.39, 0.29) is 23.9 Å². The molecule has 1 aliphatic heterocycles. The first-order valence-electron chi connectivity index (χ1n) is 5.98. The van der Waals surface area contributed by atoms with Crippen molar-refractivity contribution in [2.24, 2.45) is 0 Å². The van der Waals surface area contributed by atoms with E-state index in [4.69, 9.17) is 23.2 Å². The van der Waals surface area contributed by atoms with Crippen LogP contribution in [0.3, 0.4) is 0 Å². The molecule has 0 aromatic heterocycles. The fraction of sp³-hybridized carbons (Fsp3) is 0.462. The van der Waals surface area contributed by atoms with Crippen LogP contribution in [-0.2, 0) is 0 Å². The summed E-state index contributed by atoms with van der Waals surface area (Å²) in [7, 11) is 0. The second-order valence-corrected chi connectivity index (χ2v) is 5.73. The van der Waals surface area contributed by atoms with Gasteiger partial charge in [0.15, 0.2) is 0 Å². The number of halogens is 3. The van der Waals surface area contributed by atoms with Crippen molar-refractivity contribution in [1.82, 2.24) is 10.6 Å². The van der Waals surface area contributed by atoms with Gasteiger partial charge in [0, 0.05) is 10.6 Å². The lowest BCUT2D eigenvalue weighted by Gasteiger charge is -2.35. The van der Waals surface area contributed by atoms with E-state index in [9.17, 15) is 4.79 Å². The van der Waals surface area contributed by atoms with Crippen molar-refractivity contribution in [2.75, 3.05) is 13.1 Å². The van der Waals surface area contributed by atoms with E-state index in [1.54, 1.807) is 18.2 Å². The molecule has 1 heterocycles. The molecule has 19 heavy (non-hydrogen) atoms. The van der Waals surface area contributed by atoms with Crippen molar-refractivity contribution < 1.29 is 4.79 Å². The van der Waals surface area contributed by atoms with Crippen molar-refractivity contribution in [1.29, 1.82) is 0 Å². The number of piperidine rings is 1. The van der Waals surface area contributed by atoms with Crippen molar-refractivity contribution in [3.63, 3.8) is 0 Å². The molecule has 1 amide bonds. The van der Waals surface area contributed by atoms with Crippen LogP contribution in [0.1, 0.15) is 30.1 Å². The maximum atomic E-state index is 12.2. The highest BCUT2D eigenvalue weighted by Gasteiger charge is 2.29. The topological polar surface area (TPSA) is 41.1 Å². The van der Waals surface area contributed by atoms with Gasteiger partial charge in [-0.1, -0.05) is 23.2 Å². The smallest absolute Gasteiger partial charge is 0.253 e. The van der Waals surface area contributed by atoms with Crippen LogP contribution in [0.5, 0.6) is 0 Å². The molecule has 1 aromatic rings. The summed E-state index contributed by atoms with van der Waals surface area (Å²) in [6.45, 7) is 3.89. The molecular weight excluding hydrogens is 307 g/mol. The highest BCUT2D eigenvalue weighted by Crippen LogP contribution is 2.23. The molecule has 1 fully saturated rings. The Bertz CT molecular complexity index is 459. The van der Waals surface area contributed by atoms with E-state index in [0.717, 1.165) is 25.9 Å². The lowest BCUT2D eigenvalue weighted by atomic mass is 9.90. The molecule has 0 aliphatic carbocycles. The van der Waals surface area contributed by atoms with Crippen LogP contribution in [0.4, 0.5) is 0 Å². The number of benzene rings is 1. The van der Waals surface area contributed by atoms with Gasteiger partial charge in [0.2, 0.25) is 0 Å². The summed E-state index contributed by atoms with van der Waals surface area (Å²) in [6, 6.07) is 4.92. The Kier molecular flexibility index (Phi) is 5.93. The van der Waals surface area contributed by atoms with Crippen LogP contribution >= 0.6 is 35.6 Å². The maximum Gasteiger partial charge on any atom is 0.253 e. The van der Waals surface area contributed by atoms with Crippen LogP contribution in [-0.4, -0.2) is 24.5 Å². The SMILES string of the molecule is CC1(NC(=O)c2cc(Cl)ccc2Cl)CCNCC1.Cl. The molecule has 106 valence electrons. The van der Waals surface area contributed by atoms with Crippen LogP contribution in [0.15, 0.2) is 18.2 Å². The number of hydrogen-bond donors (Lipinski definition) is 2. The van der Waals surface area contributed by atoms with E-state index >= 15 is 0 Å². The molecule has 2 rings (SSSR count). The van der Waals surface area contributed by atoms with Gasteiger partial charge in [-0.2, -0.15) is 0 Å². The molecule has 0 spiro atoms. The van der Waals surface area contributed by atoms with Crippen molar-refractivity contribution in [2.45, 2.75) is 25.3 Å². The molecule has 6 heteroatoms. The Labute approximate surface area is 129 Å². The van der Waals surface area contributed by atoms with Crippen molar-refractivity contribution in [3.8, 4) is 0 Å². The summed E-state index contributed by atoms with van der Waals surface area (Å²) in [5.74, 6) is -0.160. The maximum absolute atomic E-state index is 12.2. The monoisotopic (exact) mass is 322 g/mol. The molecule has 3 nitrogen and oxygen atoms in total. The van der Waals surface area contributed by atoms with Gasteiger partial charge in [0.05, 0.1) is 10.6 Å². The molecule has 0 bridgehead atoms. The Morgan fingerprint density at radius 2 is 1.95 bits per heavy atom. The number of amides is 1. The highest BCUT2D eigenvalue weighted by atomic mass is 35.5. The average Bonchev–Trinajstić information content (AvgIpc) is 2.32. The van der Waals surface area contributed by atoms with Gasteiger partial charge in [0.1, 0.15) is 0 Å². The lowest BCUT2D eigenvalue weighted by Crippen LogP contribution is -2.52. The minimum absolute atomic E-state index is 0. The highest BCUT2D eigenvalue weighted by molar-refractivity contribution is 6.35. The molecule has 0 saturated carbocycles. The molecular formula is C13H17Cl3N2O. The summed E-state index contributed by atoms with van der Waals surface area (Å²) in [4.78, 5) is 12.2. The van der Waals surface area contributed by atoms with E-state index in [2.05, 4.69) is 17.6 Å². The Balaban J connectivity index is 0.00000180. The number of rotatable bonds is 2. The summed E-state index contributed by atoms with van der Waals surface area (Å²) in [5, 5.41) is 7.27. The number of nitrogens with one attached hydrogen (secondary N) is 2. The van der Waals surface area contributed by atoms with Gasteiger partial charge >= 0.3 is 0 Å². The molecule has 1 saturated heterocycles. The normalized spacial score (nSPS) is 17.4. The van der Waals surface area contributed by atoms with Gasteiger partial charge < -0.3 is 10.6 Å². The number of carbonyl (C=O) groups is 1. The fourth-order valence-corrected chi connectivity index (χ4v) is 2.49. The third kappa shape index (κ3) is 4.25. The molecule has 0 unspecified atom stereocenters. The van der Waals surface area contributed by atoms with E-state index in [0.29, 0.717) is 15.6 Å². The first-order valence-corrected chi connectivity index (χ1v) is 6.74. The third-order valence-electron chi connectivity index (χ3n) is 3.30. The Morgan fingerprint density at radius 1 is 1.32 bits per heavy atom. The molecule has 0 radical (unpaired) electrons. The molecule has 1 aliphatic rings. The summed E-state index contributed by atoms with van der Waals surface area (Å²) < 4.78 is 0. The van der Waals surface area contributed by atoms with Gasteiger partial charge in [0.25, 0.3) is 5.91 Å². The first-order chi connectivity index (χ1) is 8.50. The predicted molar refractivity (Wildman–Crippen MR) is 81.7 cm³/mol. The largest absolute Gasteiger partial charge is 0.347 e. The second-order valence-electron chi connectivity index (χ2n) is 4.89. The van der Waals surface area contributed by atoms with Gasteiger partial charge in [-0.05, 0) is 51.1 Å². The van der Waals surface area contributed by atoms with Gasteiger partial charge in [-0.3, -0.25) is 4.79 Å². The van der Waals surface area contributed by atoms with E-state index < -0.39 is 0 Å². The Morgan fingerprint density at radius 3 is 2.58 bits per heavy atom. The Hall–Kier alpha value is -0.480. The summed E-state index contributed by atoms with van der Waals surface area (Å²) >= 11 is 11.9.